The van der Waals surface area contributed by atoms with Gasteiger partial charge in [0, 0.05) is 36.8 Å². The lowest BCUT2D eigenvalue weighted by molar-refractivity contribution is -0.131. The van der Waals surface area contributed by atoms with E-state index in [1.165, 1.54) is 5.56 Å². The van der Waals surface area contributed by atoms with Gasteiger partial charge >= 0.3 is 0 Å². The maximum Gasteiger partial charge on any atom is 0.227 e. The first-order valence-corrected chi connectivity index (χ1v) is 10.4. The number of rotatable bonds is 5. The molecule has 1 aromatic carbocycles. The summed E-state index contributed by atoms with van der Waals surface area (Å²) in [5.41, 5.74) is 5.22. The standard InChI is InChI=1S/C21H24N4OS/c1-16-5-2-3-6-17(16)11-20(26)24-9-4-7-18(12-24)21-22-8-10-25(21)13-19-14-27-15-23-19/h2-3,5-6,8,10,14-15,18H,4,7,9,11-13H2,1H3/t18-/m1/s1. The second-order valence-electron chi connectivity index (χ2n) is 7.18. The van der Waals surface area contributed by atoms with E-state index >= 15 is 0 Å². The first-order chi connectivity index (χ1) is 13.2. The zero-order chi connectivity index (χ0) is 18.6. The van der Waals surface area contributed by atoms with Crippen molar-refractivity contribution in [2.75, 3.05) is 13.1 Å². The van der Waals surface area contributed by atoms with E-state index in [1.54, 1.807) is 11.3 Å². The summed E-state index contributed by atoms with van der Waals surface area (Å²) < 4.78 is 2.18. The van der Waals surface area contributed by atoms with Crippen LogP contribution in [0.3, 0.4) is 0 Å². The first kappa shape index (κ1) is 17.9. The molecule has 27 heavy (non-hydrogen) atoms. The highest BCUT2D eigenvalue weighted by Gasteiger charge is 2.27. The van der Waals surface area contributed by atoms with Crippen LogP contribution in [0.25, 0.3) is 0 Å². The molecule has 0 aliphatic carbocycles. The molecule has 6 heteroatoms. The van der Waals surface area contributed by atoms with E-state index in [1.807, 2.05) is 34.9 Å². The molecule has 1 atom stereocenters. The third-order valence-electron chi connectivity index (χ3n) is 5.31. The van der Waals surface area contributed by atoms with Gasteiger partial charge in [0.15, 0.2) is 0 Å². The van der Waals surface area contributed by atoms with Crippen LogP contribution in [-0.4, -0.2) is 38.4 Å². The number of benzene rings is 1. The number of amides is 1. The molecular formula is C21H24N4OS. The Balaban J connectivity index is 1.45. The van der Waals surface area contributed by atoms with Gasteiger partial charge in [-0.1, -0.05) is 24.3 Å². The number of carbonyl (C=O) groups is 1. The number of carbonyl (C=O) groups excluding carboxylic acids is 1. The number of nitrogens with zero attached hydrogens (tertiary/aromatic N) is 4. The Hall–Kier alpha value is -2.47. The molecule has 5 nitrogen and oxygen atoms in total. The van der Waals surface area contributed by atoms with Gasteiger partial charge in [-0.25, -0.2) is 9.97 Å². The lowest BCUT2D eigenvalue weighted by Gasteiger charge is -2.33. The summed E-state index contributed by atoms with van der Waals surface area (Å²) in [5.74, 6) is 1.57. The van der Waals surface area contributed by atoms with Crippen LogP contribution in [0, 0.1) is 6.92 Å². The predicted molar refractivity (Wildman–Crippen MR) is 107 cm³/mol. The molecule has 0 radical (unpaired) electrons. The van der Waals surface area contributed by atoms with Crippen LogP contribution in [0.5, 0.6) is 0 Å². The van der Waals surface area contributed by atoms with Crippen LogP contribution < -0.4 is 0 Å². The van der Waals surface area contributed by atoms with Crippen molar-refractivity contribution in [2.45, 2.75) is 38.6 Å². The number of aryl methyl sites for hydroxylation is 1. The number of imidazole rings is 1. The molecule has 0 saturated carbocycles. The van der Waals surface area contributed by atoms with Crippen LogP contribution >= 0.6 is 11.3 Å². The third-order valence-corrected chi connectivity index (χ3v) is 5.94. The summed E-state index contributed by atoms with van der Waals surface area (Å²) >= 11 is 1.61. The van der Waals surface area contributed by atoms with Gasteiger partial charge in [0.2, 0.25) is 5.91 Å². The minimum absolute atomic E-state index is 0.214. The minimum atomic E-state index is 0.214. The van der Waals surface area contributed by atoms with Gasteiger partial charge in [0.1, 0.15) is 5.82 Å². The van der Waals surface area contributed by atoms with Gasteiger partial charge in [-0.15, -0.1) is 11.3 Å². The smallest absolute Gasteiger partial charge is 0.227 e. The highest BCUT2D eigenvalue weighted by Crippen LogP contribution is 2.27. The van der Waals surface area contributed by atoms with Crippen molar-refractivity contribution >= 4 is 17.2 Å². The quantitative estimate of drug-likeness (QED) is 0.679. The van der Waals surface area contributed by atoms with Gasteiger partial charge in [-0.3, -0.25) is 4.79 Å². The molecular weight excluding hydrogens is 356 g/mol. The fraction of sp³-hybridized carbons (Fsp3) is 0.381. The highest BCUT2D eigenvalue weighted by atomic mass is 32.1. The Labute approximate surface area is 163 Å². The number of hydrogen-bond acceptors (Lipinski definition) is 4. The van der Waals surface area contributed by atoms with Crippen molar-refractivity contribution in [3.05, 3.63) is 70.2 Å². The van der Waals surface area contributed by atoms with Crippen LogP contribution in [0.15, 0.2) is 47.5 Å². The number of likely N-dealkylation sites (tertiary alicyclic amines) is 1. The van der Waals surface area contributed by atoms with Gasteiger partial charge in [-0.05, 0) is 30.9 Å². The molecule has 0 N–H and O–H groups in total. The van der Waals surface area contributed by atoms with Crippen molar-refractivity contribution in [2.24, 2.45) is 0 Å². The summed E-state index contributed by atoms with van der Waals surface area (Å²) in [6, 6.07) is 8.14. The fourth-order valence-corrected chi connectivity index (χ4v) is 4.35. The molecule has 0 spiro atoms. The van der Waals surface area contributed by atoms with Crippen molar-refractivity contribution in [1.82, 2.24) is 19.4 Å². The van der Waals surface area contributed by atoms with Gasteiger partial charge in [-0.2, -0.15) is 0 Å². The second kappa shape index (κ2) is 8.05. The van der Waals surface area contributed by atoms with Gasteiger partial charge < -0.3 is 9.47 Å². The van der Waals surface area contributed by atoms with Crippen molar-refractivity contribution in [3.63, 3.8) is 0 Å². The lowest BCUT2D eigenvalue weighted by atomic mass is 9.96. The van der Waals surface area contributed by atoms with Gasteiger partial charge in [0.25, 0.3) is 0 Å². The topological polar surface area (TPSA) is 51.0 Å². The fourth-order valence-electron chi connectivity index (χ4n) is 3.80. The molecule has 3 heterocycles. The van der Waals surface area contributed by atoms with Crippen molar-refractivity contribution < 1.29 is 4.79 Å². The molecule has 4 rings (SSSR count). The minimum Gasteiger partial charge on any atom is -0.342 e. The van der Waals surface area contributed by atoms with Crippen LogP contribution in [0.1, 0.15) is 41.4 Å². The largest absolute Gasteiger partial charge is 0.342 e. The average Bonchev–Trinajstić information content (AvgIpc) is 3.36. The van der Waals surface area contributed by atoms with E-state index in [2.05, 4.69) is 39.0 Å². The molecule has 1 amide bonds. The predicted octanol–water partition coefficient (Wildman–Crippen LogP) is 3.65. The summed E-state index contributed by atoms with van der Waals surface area (Å²) in [4.78, 5) is 23.9. The molecule has 1 fully saturated rings. The van der Waals surface area contributed by atoms with E-state index < -0.39 is 0 Å². The van der Waals surface area contributed by atoms with Gasteiger partial charge in [0.05, 0.1) is 24.2 Å². The van der Waals surface area contributed by atoms with E-state index in [4.69, 9.17) is 0 Å². The zero-order valence-corrected chi connectivity index (χ0v) is 16.4. The summed E-state index contributed by atoms with van der Waals surface area (Å²) in [6.45, 7) is 4.40. The Morgan fingerprint density at radius 2 is 2.19 bits per heavy atom. The molecule has 1 aliphatic rings. The van der Waals surface area contributed by atoms with Crippen molar-refractivity contribution in [1.29, 1.82) is 0 Å². The number of thiazole rings is 1. The Kier molecular flexibility index (Phi) is 5.34. The molecule has 2 aromatic heterocycles. The third kappa shape index (κ3) is 4.11. The van der Waals surface area contributed by atoms with Crippen LogP contribution in [-0.2, 0) is 17.8 Å². The van der Waals surface area contributed by atoms with E-state index in [9.17, 15) is 4.79 Å². The Bertz CT molecular complexity index is 903. The molecule has 0 unspecified atom stereocenters. The van der Waals surface area contributed by atoms with E-state index in [-0.39, 0.29) is 11.8 Å². The molecule has 1 saturated heterocycles. The molecule has 3 aromatic rings. The second-order valence-corrected chi connectivity index (χ2v) is 7.89. The molecule has 1 aliphatic heterocycles. The van der Waals surface area contributed by atoms with E-state index in [0.717, 1.165) is 49.6 Å². The van der Waals surface area contributed by atoms with Crippen LogP contribution in [0.2, 0.25) is 0 Å². The SMILES string of the molecule is Cc1ccccc1CC(=O)N1CCC[C@@H](c2nccn2Cc2cscn2)C1. The first-order valence-electron chi connectivity index (χ1n) is 9.41. The average molecular weight is 381 g/mol. The molecule has 0 bridgehead atoms. The van der Waals surface area contributed by atoms with Crippen LogP contribution in [0.4, 0.5) is 0 Å². The summed E-state index contributed by atoms with van der Waals surface area (Å²) in [7, 11) is 0. The van der Waals surface area contributed by atoms with Crippen molar-refractivity contribution in [3.8, 4) is 0 Å². The van der Waals surface area contributed by atoms with E-state index in [0.29, 0.717) is 6.42 Å². The lowest BCUT2D eigenvalue weighted by Crippen LogP contribution is -2.40. The highest BCUT2D eigenvalue weighted by molar-refractivity contribution is 7.07. The zero-order valence-electron chi connectivity index (χ0n) is 15.5. The Morgan fingerprint density at radius 1 is 1.30 bits per heavy atom. The maximum absolute atomic E-state index is 12.9. The maximum atomic E-state index is 12.9. The number of aromatic nitrogens is 3. The summed E-state index contributed by atoms with van der Waals surface area (Å²) in [6.07, 6.45) is 6.45. The number of piperidine rings is 1. The Morgan fingerprint density at radius 3 is 3.00 bits per heavy atom. The normalized spacial score (nSPS) is 17.2. The number of hydrogen-bond donors (Lipinski definition) is 0. The summed E-state index contributed by atoms with van der Waals surface area (Å²) in [5, 5.41) is 2.07. The monoisotopic (exact) mass is 380 g/mol. The molecule has 140 valence electrons.